The fourth-order valence-electron chi connectivity index (χ4n) is 1.75. The highest BCUT2D eigenvalue weighted by Crippen LogP contribution is 2.03. The first-order chi connectivity index (χ1) is 8.58. The third-order valence-corrected chi connectivity index (χ3v) is 2.56. The molecule has 0 heterocycles. The van der Waals surface area contributed by atoms with E-state index in [2.05, 4.69) is 24.4 Å². The number of carbonyl (C=O) groups is 1. The van der Waals surface area contributed by atoms with Crippen LogP contribution < -0.4 is 5.43 Å². The number of nitrogens with zero attached hydrogens (tertiary/aromatic N) is 1. The predicted molar refractivity (Wildman–Crippen MR) is 75.5 cm³/mol. The summed E-state index contributed by atoms with van der Waals surface area (Å²) in [5, 5.41) is 4.09. The lowest BCUT2D eigenvalue weighted by Crippen LogP contribution is -2.19. The number of aryl methyl sites for hydroxylation is 1. The normalized spacial score (nSPS) is 11.7. The van der Waals surface area contributed by atoms with Crippen molar-refractivity contribution in [2.45, 2.75) is 40.0 Å². The first-order valence-corrected chi connectivity index (χ1v) is 6.44. The van der Waals surface area contributed by atoms with Gasteiger partial charge in [0.05, 0.1) is 0 Å². The summed E-state index contributed by atoms with van der Waals surface area (Å²) in [7, 11) is 0. The van der Waals surface area contributed by atoms with Gasteiger partial charge >= 0.3 is 0 Å². The molecular formula is C15H22N2O. The van der Waals surface area contributed by atoms with Crippen LogP contribution in [0.15, 0.2) is 35.4 Å². The molecule has 0 aliphatic rings. The molecule has 0 aliphatic heterocycles. The second kappa shape index (κ2) is 7.64. The van der Waals surface area contributed by atoms with Gasteiger partial charge in [0.2, 0.25) is 5.91 Å². The first-order valence-electron chi connectivity index (χ1n) is 6.44. The molecule has 1 N–H and O–H groups in total. The zero-order chi connectivity index (χ0) is 13.4. The standard InChI is InChI=1S/C15H22N2O/c1-12(2)11-13(3)16-17-15(18)10-9-14-7-5-4-6-8-14/h4-8,12H,9-11H2,1-3H3,(H,17,18). The molecule has 3 heteroatoms. The summed E-state index contributed by atoms with van der Waals surface area (Å²) in [6.07, 6.45) is 2.15. The Morgan fingerprint density at radius 1 is 1.28 bits per heavy atom. The Hall–Kier alpha value is -1.64. The molecule has 0 aliphatic carbocycles. The van der Waals surface area contributed by atoms with E-state index in [1.807, 2.05) is 37.3 Å². The van der Waals surface area contributed by atoms with Crippen LogP contribution in [0.5, 0.6) is 0 Å². The van der Waals surface area contributed by atoms with Crippen molar-refractivity contribution in [3.63, 3.8) is 0 Å². The van der Waals surface area contributed by atoms with Gasteiger partial charge in [-0.2, -0.15) is 5.10 Å². The average Bonchev–Trinajstić information content (AvgIpc) is 2.34. The third-order valence-electron chi connectivity index (χ3n) is 2.56. The fraction of sp³-hybridized carbons (Fsp3) is 0.467. The lowest BCUT2D eigenvalue weighted by molar-refractivity contribution is -0.121. The second-order valence-electron chi connectivity index (χ2n) is 4.97. The topological polar surface area (TPSA) is 41.5 Å². The van der Waals surface area contributed by atoms with Crippen molar-refractivity contribution in [1.29, 1.82) is 0 Å². The van der Waals surface area contributed by atoms with Crippen molar-refractivity contribution < 1.29 is 4.79 Å². The van der Waals surface area contributed by atoms with Crippen LogP contribution in [0.2, 0.25) is 0 Å². The number of hydrazone groups is 1. The molecule has 18 heavy (non-hydrogen) atoms. The van der Waals surface area contributed by atoms with Crippen LogP contribution in [-0.2, 0) is 11.2 Å². The number of benzene rings is 1. The van der Waals surface area contributed by atoms with Crippen molar-refractivity contribution in [3.8, 4) is 0 Å². The van der Waals surface area contributed by atoms with Gasteiger partial charge in [-0.05, 0) is 31.2 Å². The predicted octanol–water partition coefficient (Wildman–Crippen LogP) is 3.16. The van der Waals surface area contributed by atoms with Gasteiger partial charge in [-0.3, -0.25) is 4.79 Å². The molecule has 0 unspecified atom stereocenters. The van der Waals surface area contributed by atoms with Crippen LogP contribution in [0.1, 0.15) is 39.2 Å². The molecule has 0 aromatic heterocycles. The fourth-order valence-corrected chi connectivity index (χ4v) is 1.75. The van der Waals surface area contributed by atoms with Gasteiger partial charge in [0.15, 0.2) is 0 Å². The molecule has 0 spiro atoms. The zero-order valence-electron chi connectivity index (χ0n) is 11.4. The summed E-state index contributed by atoms with van der Waals surface area (Å²) in [6.45, 7) is 6.21. The average molecular weight is 246 g/mol. The maximum absolute atomic E-state index is 11.6. The van der Waals surface area contributed by atoms with Crippen molar-refractivity contribution in [3.05, 3.63) is 35.9 Å². The number of amides is 1. The minimum atomic E-state index is -0.0260. The van der Waals surface area contributed by atoms with Gasteiger partial charge in [0.25, 0.3) is 0 Å². The van der Waals surface area contributed by atoms with E-state index in [-0.39, 0.29) is 5.91 Å². The number of nitrogens with one attached hydrogen (secondary N) is 1. The van der Waals surface area contributed by atoms with Crippen molar-refractivity contribution in [1.82, 2.24) is 5.43 Å². The van der Waals surface area contributed by atoms with E-state index >= 15 is 0 Å². The smallest absolute Gasteiger partial charge is 0.240 e. The van der Waals surface area contributed by atoms with Crippen LogP contribution in [0.25, 0.3) is 0 Å². The van der Waals surface area contributed by atoms with Crippen molar-refractivity contribution >= 4 is 11.6 Å². The molecule has 98 valence electrons. The van der Waals surface area contributed by atoms with Crippen molar-refractivity contribution in [2.24, 2.45) is 11.0 Å². The van der Waals surface area contributed by atoms with Gasteiger partial charge in [0.1, 0.15) is 0 Å². The molecular weight excluding hydrogens is 224 g/mol. The number of hydrogen-bond donors (Lipinski definition) is 1. The first kappa shape index (κ1) is 14.4. The molecule has 0 fully saturated rings. The maximum Gasteiger partial charge on any atom is 0.240 e. The van der Waals surface area contributed by atoms with E-state index in [0.717, 1.165) is 18.6 Å². The zero-order valence-corrected chi connectivity index (χ0v) is 11.4. The molecule has 1 aromatic carbocycles. The Labute approximate surface area is 109 Å². The van der Waals surface area contributed by atoms with Gasteiger partial charge in [-0.1, -0.05) is 44.2 Å². The van der Waals surface area contributed by atoms with Crippen LogP contribution in [-0.4, -0.2) is 11.6 Å². The van der Waals surface area contributed by atoms with E-state index in [1.54, 1.807) is 0 Å². The summed E-state index contributed by atoms with van der Waals surface area (Å²) in [4.78, 5) is 11.6. The van der Waals surface area contributed by atoms with Crippen LogP contribution in [0.4, 0.5) is 0 Å². The molecule has 1 aromatic rings. The molecule has 0 saturated carbocycles. The van der Waals surface area contributed by atoms with E-state index in [4.69, 9.17) is 0 Å². The molecule has 0 atom stereocenters. The highest BCUT2D eigenvalue weighted by atomic mass is 16.2. The summed E-state index contributed by atoms with van der Waals surface area (Å²) in [5.41, 5.74) is 4.75. The molecule has 0 saturated heterocycles. The summed E-state index contributed by atoms with van der Waals surface area (Å²) in [5.74, 6) is 0.539. The molecule has 0 bridgehead atoms. The van der Waals surface area contributed by atoms with E-state index in [0.29, 0.717) is 12.3 Å². The SMILES string of the molecule is CC(CC(C)C)=NNC(=O)CCc1ccccc1. The summed E-state index contributed by atoms with van der Waals surface area (Å²) >= 11 is 0. The third kappa shape index (κ3) is 6.18. The quantitative estimate of drug-likeness (QED) is 0.608. The van der Waals surface area contributed by atoms with Gasteiger partial charge in [0, 0.05) is 12.1 Å². The van der Waals surface area contributed by atoms with Crippen molar-refractivity contribution in [2.75, 3.05) is 0 Å². The molecule has 1 rings (SSSR count). The Morgan fingerprint density at radius 3 is 2.56 bits per heavy atom. The molecule has 0 radical (unpaired) electrons. The number of hydrogen-bond acceptors (Lipinski definition) is 2. The number of rotatable bonds is 6. The Balaban J connectivity index is 2.30. The van der Waals surface area contributed by atoms with Crippen LogP contribution >= 0.6 is 0 Å². The van der Waals surface area contributed by atoms with Gasteiger partial charge in [-0.15, -0.1) is 0 Å². The summed E-state index contributed by atoms with van der Waals surface area (Å²) < 4.78 is 0. The molecule has 1 amide bonds. The van der Waals surface area contributed by atoms with Gasteiger partial charge < -0.3 is 0 Å². The second-order valence-corrected chi connectivity index (χ2v) is 4.97. The van der Waals surface area contributed by atoms with E-state index < -0.39 is 0 Å². The number of carbonyl (C=O) groups excluding carboxylic acids is 1. The Bertz CT molecular complexity index is 396. The highest BCUT2D eigenvalue weighted by molar-refractivity contribution is 5.84. The Morgan fingerprint density at radius 2 is 1.94 bits per heavy atom. The summed E-state index contributed by atoms with van der Waals surface area (Å²) in [6, 6.07) is 10.0. The minimum absolute atomic E-state index is 0.0260. The minimum Gasteiger partial charge on any atom is -0.273 e. The largest absolute Gasteiger partial charge is 0.273 e. The highest BCUT2D eigenvalue weighted by Gasteiger charge is 2.02. The Kier molecular flexibility index (Phi) is 6.12. The monoisotopic (exact) mass is 246 g/mol. The lowest BCUT2D eigenvalue weighted by Gasteiger charge is -2.05. The lowest BCUT2D eigenvalue weighted by atomic mass is 10.1. The van der Waals surface area contributed by atoms with E-state index in [9.17, 15) is 4.79 Å². The van der Waals surface area contributed by atoms with E-state index in [1.165, 1.54) is 5.56 Å². The molecule has 3 nitrogen and oxygen atoms in total. The van der Waals surface area contributed by atoms with Gasteiger partial charge in [-0.25, -0.2) is 5.43 Å². The maximum atomic E-state index is 11.6. The van der Waals surface area contributed by atoms with Crippen LogP contribution in [0.3, 0.4) is 0 Å². The van der Waals surface area contributed by atoms with Crippen LogP contribution in [0, 0.1) is 5.92 Å².